The molecule has 0 radical (unpaired) electrons. The molecule has 0 aromatic carbocycles. The summed E-state index contributed by atoms with van der Waals surface area (Å²) in [6.45, 7) is 0.337. The van der Waals surface area contributed by atoms with Crippen LogP contribution in [0, 0.1) is 21.4 Å². The summed E-state index contributed by atoms with van der Waals surface area (Å²) in [6, 6.07) is 3.44. The SMILES string of the molecule is N#Cc1cc([N+](=O)[O-])cnc1N(CCO)C1CCCC1. The molecule has 1 N–H and O–H groups in total. The Balaban J connectivity index is 2.37. The molecule has 1 aliphatic carbocycles. The van der Waals surface area contributed by atoms with E-state index in [1.54, 1.807) is 0 Å². The third-order valence-electron chi connectivity index (χ3n) is 3.56. The van der Waals surface area contributed by atoms with Gasteiger partial charge in [-0.1, -0.05) is 12.8 Å². The van der Waals surface area contributed by atoms with Gasteiger partial charge < -0.3 is 10.0 Å². The summed E-state index contributed by atoms with van der Waals surface area (Å²) in [7, 11) is 0. The average molecular weight is 276 g/mol. The Morgan fingerprint density at radius 1 is 1.55 bits per heavy atom. The number of hydrogen-bond acceptors (Lipinski definition) is 6. The van der Waals surface area contributed by atoms with Gasteiger partial charge in [0.15, 0.2) is 0 Å². The van der Waals surface area contributed by atoms with Crippen LogP contribution in [-0.2, 0) is 0 Å². The summed E-state index contributed by atoms with van der Waals surface area (Å²) in [6.07, 6.45) is 5.37. The molecule has 106 valence electrons. The van der Waals surface area contributed by atoms with E-state index in [4.69, 9.17) is 0 Å². The van der Waals surface area contributed by atoms with Crippen LogP contribution in [0.25, 0.3) is 0 Å². The molecule has 2 rings (SSSR count). The maximum absolute atomic E-state index is 10.7. The fourth-order valence-corrected chi connectivity index (χ4v) is 2.64. The summed E-state index contributed by atoms with van der Waals surface area (Å²) in [5.41, 5.74) is -0.0137. The molecule has 0 saturated heterocycles. The molecule has 20 heavy (non-hydrogen) atoms. The zero-order valence-electron chi connectivity index (χ0n) is 11.0. The van der Waals surface area contributed by atoms with Crippen molar-refractivity contribution >= 4 is 11.5 Å². The van der Waals surface area contributed by atoms with Crippen LogP contribution in [0.3, 0.4) is 0 Å². The first-order valence-corrected chi connectivity index (χ1v) is 6.59. The molecule has 0 aliphatic heterocycles. The molecule has 7 nitrogen and oxygen atoms in total. The second-order valence-corrected chi connectivity index (χ2v) is 4.79. The standard InChI is InChI=1S/C13H16N4O3/c14-8-10-7-12(17(19)20)9-15-13(10)16(5-6-18)11-3-1-2-4-11/h7,9,11,18H,1-6H2. The zero-order valence-corrected chi connectivity index (χ0v) is 11.0. The molecular weight excluding hydrogens is 260 g/mol. The molecule has 0 spiro atoms. The Morgan fingerprint density at radius 2 is 2.25 bits per heavy atom. The van der Waals surface area contributed by atoms with Gasteiger partial charge >= 0.3 is 0 Å². The largest absolute Gasteiger partial charge is 0.395 e. The lowest BCUT2D eigenvalue weighted by atomic mass is 10.1. The van der Waals surface area contributed by atoms with Crippen molar-refractivity contribution in [2.24, 2.45) is 0 Å². The Morgan fingerprint density at radius 3 is 2.80 bits per heavy atom. The van der Waals surface area contributed by atoms with Crippen LogP contribution in [0.2, 0.25) is 0 Å². The molecule has 0 amide bonds. The smallest absolute Gasteiger partial charge is 0.289 e. The van der Waals surface area contributed by atoms with Gasteiger partial charge in [-0.05, 0) is 12.8 Å². The van der Waals surface area contributed by atoms with Crippen molar-refractivity contribution in [3.63, 3.8) is 0 Å². The molecule has 1 heterocycles. The fourth-order valence-electron chi connectivity index (χ4n) is 2.64. The number of hydrogen-bond donors (Lipinski definition) is 1. The van der Waals surface area contributed by atoms with Crippen LogP contribution in [0.4, 0.5) is 11.5 Å². The number of nitriles is 1. The second-order valence-electron chi connectivity index (χ2n) is 4.79. The van der Waals surface area contributed by atoms with E-state index in [1.165, 1.54) is 6.07 Å². The number of aromatic nitrogens is 1. The number of aliphatic hydroxyl groups is 1. The summed E-state index contributed by atoms with van der Waals surface area (Å²) in [5, 5.41) is 29.1. The van der Waals surface area contributed by atoms with Gasteiger partial charge in [0.2, 0.25) is 0 Å². The maximum Gasteiger partial charge on any atom is 0.289 e. The van der Waals surface area contributed by atoms with Crippen LogP contribution < -0.4 is 4.90 Å². The van der Waals surface area contributed by atoms with E-state index in [0.29, 0.717) is 12.4 Å². The van der Waals surface area contributed by atoms with Crippen molar-refractivity contribution in [1.29, 1.82) is 5.26 Å². The van der Waals surface area contributed by atoms with Gasteiger partial charge in [-0.3, -0.25) is 10.1 Å². The number of aliphatic hydroxyl groups excluding tert-OH is 1. The number of pyridine rings is 1. The van der Waals surface area contributed by atoms with Crippen molar-refractivity contribution in [3.05, 3.63) is 27.9 Å². The van der Waals surface area contributed by atoms with E-state index in [1.807, 2.05) is 11.0 Å². The van der Waals surface area contributed by atoms with E-state index in [2.05, 4.69) is 4.98 Å². The van der Waals surface area contributed by atoms with Crippen LogP contribution in [-0.4, -0.2) is 34.2 Å². The van der Waals surface area contributed by atoms with Gasteiger partial charge in [-0.2, -0.15) is 5.26 Å². The first-order chi connectivity index (χ1) is 9.67. The quantitative estimate of drug-likeness (QED) is 0.647. The first kappa shape index (κ1) is 14.2. The molecular formula is C13H16N4O3. The highest BCUT2D eigenvalue weighted by Gasteiger charge is 2.26. The molecule has 1 fully saturated rings. The molecule has 1 aliphatic rings. The Labute approximate surface area is 116 Å². The van der Waals surface area contributed by atoms with Crippen molar-refractivity contribution in [3.8, 4) is 6.07 Å². The minimum atomic E-state index is -0.566. The van der Waals surface area contributed by atoms with Crippen LogP contribution in [0.5, 0.6) is 0 Å². The lowest BCUT2D eigenvalue weighted by Crippen LogP contribution is -2.36. The highest BCUT2D eigenvalue weighted by atomic mass is 16.6. The Hall–Kier alpha value is -2.20. The van der Waals surface area contributed by atoms with E-state index in [-0.39, 0.29) is 23.9 Å². The van der Waals surface area contributed by atoms with Gasteiger partial charge in [-0.25, -0.2) is 4.98 Å². The van der Waals surface area contributed by atoms with Crippen LogP contribution in [0.1, 0.15) is 31.2 Å². The number of anilines is 1. The van der Waals surface area contributed by atoms with Gasteiger partial charge in [0.25, 0.3) is 5.69 Å². The van der Waals surface area contributed by atoms with Gasteiger partial charge in [0.05, 0.1) is 11.5 Å². The van der Waals surface area contributed by atoms with E-state index >= 15 is 0 Å². The topological polar surface area (TPSA) is 103 Å². The van der Waals surface area contributed by atoms with E-state index in [9.17, 15) is 20.5 Å². The molecule has 0 bridgehead atoms. The van der Waals surface area contributed by atoms with Gasteiger partial charge in [0, 0.05) is 18.7 Å². The monoisotopic (exact) mass is 276 g/mol. The predicted octanol–water partition coefficient (Wildman–Crippen LogP) is 1.60. The van der Waals surface area contributed by atoms with Crippen molar-refractivity contribution < 1.29 is 10.0 Å². The minimum Gasteiger partial charge on any atom is -0.395 e. The highest BCUT2D eigenvalue weighted by molar-refractivity contribution is 5.57. The normalized spacial score (nSPS) is 15.0. The molecule has 0 atom stereocenters. The van der Waals surface area contributed by atoms with E-state index < -0.39 is 4.92 Å². The highest BCUT2D eigenvalue weighted by Crippen LogP contribution is 2.30. The van der Waals surface area contributed by atoms with E-state index in [0.717, 1.165) is 31.9 Å². The maximum atomic E-state index is 10.7. The van der Waals surface area contributed by atoms with Crippen molar-refractivity contribution in [1.82, 2.24) is 4.98 Å². The molecule has 1 saturated carbocycles. The molecule has 0 unspecified atom stereocenters. The summed E-state index contributed by atoms with van der Waals surface area (Å²) >= 11 is 0. The molecule has 1 aromatic heterocycles. The Kier molecular flexibility index (Phi) is 4.48. The summed E-state index contributed by atoms with van der Waals surface area (Å²) < 4.78 is 0. The van der Waals surface area contributed by atoms with Crippen molar-refractivity contribution in [2.75, 3.05) is 18.1 Å². The fraction of sp³-hybridized carbons (Fsp3) is 0.538. The summed E-state index contributed by atoms with van der Waals surface area (Å²) in [4.78, 5) is 16.2. The second kappa shape index (κ2) is 6.30. The number of nitro groups is 1. The first-order valence-electron chi connectivity index (χ1n) is 6.59. The van der Waals surface area contributed by atoms with Crippen LogP contribution in [0.15, 0.2) is 12.3 Å². The molecule has 7 heteroatoms. The van der Waals surface area contributed by atoms with Crippen LogP contribution >= 0.6 is 0 Å². The third kappa shape index (κ3) is 2.86. The average Bonchev–Trinajstić information content (AvgIpc) is 2.98. The van der Waals surface area contributed by atoms with Gasteiger partial charge in [-0.15, -0.1) is 0 Å². The predicted molar refractivity (Wildman–Crippen MR) is 72.3 cm³/mol. The lowest BCUT2D eigenvalue weighted by molar-refractivity contribution is -0.385. The number of nitrogens with zero attached hydrogens (tertiary/aromatic N) is 4. The Bertz CT molecular complexity index is 535. The minimum absolute atomic E-state index is 0.0416. The zero-order chi connectivity index (χ0) is 14.5. The molecule has 1 aromatic rings. The van der Waals surface area contributed by atoms with Gasteiger partial charge in [0.1, 0.15) is 23.6 Å². The summed E-state index contributed by atoms with van der Waals surface area (Å²) in [5.74, 6) is 0.430. The third-order valence-corrected chi connectivity index (χ3v) is 3.56. The lowest BCUT2D eigenvalue weighted by Gasteiger charge is -2.29. The number of rotatable bonds is 5. The van der Waals surface area contributed by atoms with Crippen molar-refractivity contribution in [2.45, 2.75) is 31.7 Å².